The Balaban J connectivity index is 2.92. The summed E-state index contributed by atoms with van der Waals surface area (Å²) in [6.07, 6.45) is -0.140. The lowest BCUT2D eigenvalue weighted by Gasteiger charge is -2.09. The fraction of sp³-hybridized carbons (Fsp3) is 0.636. The molecule has 1 aromatic heterocycles. The van der Waals surface area contributed by atoms with Gasteiger partial charge in [0.05, 0.1) is 22.8 Å². The van der Waals surface area contributed by atoms with Crippen LogP contribution in [0.15, 0.2) is 0 Å². The van der Waals surface area contributed by atoms with Crippen molar-refractivity contribution >= 4 is 17.4 Å². The molecule has 1 unspecified atom stereocenters. The minimum Gasteiger partial charge on any atom is -0.374 e. The molecule has 0 bridgehead atoms. The van der Waals surface area contributed by atoms with Crippen LogP contribution < -0.4 is 0 Å². The van der Waals surface area contributed by atoms with E-state index in [0.717, 1.165) is 11.4 Å². The highest BCUT2D eigenvalue weighted by Gasteiger charge is 2.19. The summed E-state index contributed by atoms with van der Waals surface area (Å²) in [6.45, 7) is 6.24. The van der Waals surface area contributed by atoms with E-state index in [2.05, 4.69) is 5.10 Å². The predicted molar refractivity (Wildman–Crippen MR) is 62.8 cm³/mol. The van der Waals surface area contributed by atoms with Gasteiger partial charge in [-0.2, -0.15) is 5.10 Å². The zero-order valence-corrected chi connectivity index (χ0v) is 10.8. The number of halogens is 1. The van der Waals surface area contributed by atoms with E-state index < -0.39 is 6.10 Å². The number of hydrogen-bond donors (Lipinski definition) is 0. The van der Waals surface area contributed by atoms with Crippen molar-refractivity contribution < 1.29 is 9.53 Å². The molecule has 0 saturated carbocycles. The van der Waals surface area contributed by atoms with Gasteiger partial charge < -0.3 is 4.74 Å². The standard InChI is InChI=1S/C11H17ClN2O2/c1-5-14-9(11(12)7(2)13-14)6-10(15)8(3)16-4/h8H,5-6H2,1-4H3. The van der Waals surface area contributed by atoms with Crippen LogP contribution >= 0.6 is 11.6 Å². The highest BCUT2D eigenvalue weighted by molar-refractivity contribution is 6.32. The van der Waals surface area contributed by atoms with Crippen LogP contribution in [0, 0.1) is 6.92 Å². The first-order chi connectivity index (χ1) is 7.51. The second-order valence-electron chi connectivity index (χ2n) is 3.68. The normalized spacial score (nSPS) is 12.8. The Bertz CT molecular complexity index is 388. The average molecular weight is 245 g/mol. The summed E-state index contributed by atoms with van der Waals surface area (Å²) in [7, 11) is 1.52. The molecule has 0 spiro atoms. The molecule has 90 valence electrons. The quantitative estimate of drug-likeness (QED) is 0.796. The van der Waals surface area contributed by atoms with Crippen LogP contribution in [-0.2, 0) is 22.5 Å². The third-order valence-electron chi connectivity index (χ3n) is 2.60. The number of Topliss-reactive ketones (excluding diaryl/α,β-unsaturated/α-hetero) is 1. The zero-order valence-electron chi connectivity index (χ0n) is 10.1. The van der Waals surface area contributed by atoms with E-state index in [1.165, 1.54) is 7.11 Å². The molecule has 0 amide bonds. The Morgan fingerprint density at radius 2 is 2.25 bits per heavy atom. The minimum atomic E-state index is -0.406. The highest BCUT2D eigenvalue weighted by Crippen LogP contribution is 2.21. The van der Waals surface area contributed by atoms with Gasteiger partial charge in [0.15, 0.2) is 5.78 Å². The number of methoxy groups -OCH3 is 1. The van der Waals surface area contributed by atoms with Crippen molar-refractivity contribution in [1.82, 2.24) is 9.78 Å². The Kier molecular flexibility index (Phi) is 4.50. The fourth-order valence-corrected chi connectivity index (χ4v) is 1.68. The van der Waals surface area contributed by atoms with Crippen molar-refractivity contribution in [2.24, 2.45) is 0 Å². The van der Waals surface area contributed by atoms with Crippen molar-refractivity contribution in [3.8, 4) is 0 Å². The maximum Gasteiger partial charge on any atom is 0.167 e. The number of ketones is 1. The van der Waals surface area contributed by atoms with Crippen molar-refractivity contribution in [2.75, 3.05) is 7.11 Å². The van der Waals surface area contributed by atoms with Crippen molar-refractivity contribution in [2.45, 2.75) is 39.8 Å². The third-order valence-corrected chi connectivity index (χ3v) is 3.09. The van der Waals surface area contributed by atoms with Crippen LogP contribution in [0.1, 0.15) is 25.2 Å². The summed E-state index contributed by atoms with van der Waals surface area (Å²) in [5.41, 5.74) is 1.53. The van der Waals surface area contributed by atoms with Gasteiger partial charge in [-0.1, -0.05) is 11.6 Å². The van der Waals surface area contributed by atoms with Gasteiger partial charge in [0, 0.05) is 13.7 Å². The lowest BCUT2D eigenvalue weighted by atomic mass is 10.1. The topological polar surface area (TPSA) is 44.1 Å². The van der Waals surface area contributed by atoms with Crippen LogP contribution in [0.5, 0.6) is 0 Å². The summed E-state index contributed by atoms with van der Waals surface area (Å²) in [6, 6.07) is 0. The van der Waals surface area contributed by atoms with E-state index in [-0.39, 0.29) is 12.2 Å². The van der Waals surface area contributed by atoms with E-state index in [1.54, 1.807) is 11.6 Å². The van der Waals surface area contributed by atoms with Crippen LogP contribution in [0.25, 0.3) is 0 Å². The van der Waals surface area contributed by atoms with Gasteiger partial charge in [-0.05, 0) is 20.8 Å². The first kappa shape index (κ1) is 13.2. The summed E-state index contributed by atoms with van der Waals surface area (Å²) in [5.74, 6) is 0.0130. The van der Waals surface area contributed by atoms with E-state index >= 15 is 0 Å². The molecule has 0 N–H and O–H groups in total. The van der Waals surface area contributed by atoms with E-state index in [1.807, 2.05) is 13.8 Å². The van der Waals surface area contributed by atoms with E-state index in [9.17, 15) is 4.79 Å². The number of aryl methyl sites for hydroxylation is 2. The monoisotopic (exact) mass is 244 g/mol. The third kappa shape index (κ3) is 2.62. The Hall–Kier alpha value is -0.870. The number of nitrogens with zero attached hydrogens (tertiary/aromatic N) is 2. The first-order valence-electron chi connectivity index (χ1n) is 5.28. The molecule has 0 fully saturated rings. The number of rotatable bonds is 5. The number of hydrogen-bond acceptors (Lipinski definition) is 3. The molecule has 4 nitrogen and oxygen atoms in total. The average Bonchev–Trinajstić information content (AvgIpc) is 2.55. The minimum absolute atomic E-state index is 0.0130. The van der Waals surface area contributed by atoms with Crippen LogP contribution in [0.2, 0.25) is 5.02 Å². The molecule has 1 aromatic rings. The number of carbonyl (C=O) groups excluding carboxylic acids is 1. The van der Waals surface area contributed by atoms with Gasteiger partial charge in [0.25, 0.3) is 0 Å². The Labute approximate surface area is 101 Å². The fourth-order valence-electron chi connectivity index (χ4n) is 1.48. The lowest BCUT2D eigenvalue weighted by molar-refractivity contribution is -0.127. The molecular formula is C11H17ClN2O2. The summed E-state index contributed by atoms with van der Waals surface area (Å²) in [4.78, 5) is 11.7. The van der Waals surface area contributed by atoms with Crippen molar-refractivity contribution in [3.05, 3.63) is 16.4 Å². The molecule has 0 aliphatic heterocycles. The number of aromatic nitrogens is 2. The first-order valence-corrected chi connectivity index (χ1v) is 5.66. The van der Waals surface area contributed by atoms with Gasteiger partial charge >= 0.3 is 0 Å². The maximum atomic E-state index is 11.7. The Morgan fingerprint density at radius 3 is 2.75 bits per heavy atom. The molecule has 0 aromatic carbocycles. The predicted octanol–water partition coefficient (Wildman–Crippen LogP) is 2.01. The molecule has 0 radical (unpaired) electrons. The Morgan fingerprint density at radius 1 is 1.62 bits per heavy atom. The summed E-state index contributed by atoms with van der Waals surface area (Å²) in [5, 5.41) is 4.84. The molecular weight excluding hydrogens is 228 g/mol. The van der Waals surface area contributed by atoms with Gasteiger partial charge in [0.2, 0.25) is 0 Å². The van der Waals surface area contributed by atoms with Crippen molar-refractivity contribution in [1.29, 1.82) is 0 Å². The second kappa shape index (κ2) is 5.46. The van der Waals surface area contributed by atoms with E-state index in [4.69, 9.17) is 16.3 Å². The smallest absolute Gasteiger partial charge is 0.167 e. The molecule has 0 saturated heterocycles. The van der Waals surface area contributed by atoms with Crippen LogP contribution in [0.4, 0.5) is 0 Å². The molecule has 0 aliphatic rings. The second-order valence-corrected chi connectivity index (χ2v) is 4.06. The summed E-state index contributed by atoms with van der Waals surface area (Å²) >= 11 is 6.11. The van der Waals surface area contributed by atoms with Gasteiger partial charge in [-0.3, -0.25) is 9.48 Å². The largest absolute Gasteiger partial charge is 0.374 e. The molecule has 1 heterocycles. The van der Waals surface area contributed by atoms with Crippen LogP contribution in [0.3, 0.4) is 0 Å². The summed E-state index contributed by atoms with van der Waals surface area (Å²) < 4.78 is 6.74. The van der Waals surface area contributed by atoms with E-state index in [0.29, 0.717) is 11.6 Å². The highest BCUT2D eigenvalue weighted by atomic mass is 35.5. The van der Waals surface area contributed by atoms with Gasteiger partial charge in [0.1, 0.15) is 6.10 Å². The molecule has 0 aliphatic carbocycles. The lowest BCUT2D eigenvalue weighted by Crippen LogP contribution is -2.22. The van der Waals surface area contributed by atoms with Gasteiger partial charge in [-0.25, -0.2) is 0 Å². The molecule has 16 heavy (non-hydrogen) atoms. The van der Waals surface area contributed by atoms with Crippen molar-refractivity contribution in [3.63, 3.8) is 0 Å². The SMILES string of the molecule is CCn1nc(C)c(Cl)c1CC(=O)C(C)OC. The van der Waals surface area contributed by atoms with Crippen LogP contribution in [-0.4, -0.2) is 28.8 Å². The number of ether oxygens (including phenoxy) is 1. The number of carbonyl (C=O) groups is 1. The van der Waals surface area contributed by atoms with Gasteiger partial charge in [-0.15, -0.1) is 0 Å². The maximum absolute atomic E-state index is 11.7. The molecule has 5 heteroatoms. The molecule has 1 rings (SSSR count). The zero-order chi connectivity index (χ0) is 12.3. The molecule has 1 atom stereocenters.